The Morgan fingerprint density at radius 2 is 2.15 bits per heavy atom. The number of carbonyl (C=O) groups is 2. The predicted molar refractivity (Wildman–Crippen MR) is 79.8 cm³/mol. The Bertz CT molecular complexity index is 391. The molecule has 20 heavy (non-hydrogen) atoms. The van der Waals surface area contributed by atoms with E-state index in [1.807, 2.05) is 0 Å². The molecule has 3 aliphatic rings. The predicted octanol–water partition coefficient (Wildman–Crippen LogP) is 1.29. The lowest BCUT2D eigenvalue weighted by atomic mass is 9.99. The maximum absolute atomic E-state index is 12.1. The van der Waals surface area contributed by atoms with E-state index in [0.717, 1.165) is 25.3 Å². The summed E-state index contributed by atoms with van der Waals surface area (Å²) in [4.78, 5) is 27.8. The van der Waals surface area contributed by atoms with E-state index in [1.165, 1.54) is 37.6 Å². The van der Waals surface area contributed by atoms with E-state index in [1.54, 1.807) is 4.90 Å². The van der Waals surface area contributed by atoms with Crippen LogP contribution in [0.1, 0.15) is 32.1 Å². The molecule has 0 aromatic carbocycles. The van der Waals surface area contributed by atoms with Crippen molar-refractivity contribution in [2.24, 2.45) is 0 Å². The zero-order valence-corrected chi connectivity index (χ0v) is 12.7. The maximum atomic E-state index is 12.1. The van der Waals surface area contributed by atoms with Gasteiger partial charge in [0.25, 0.3) is 5.24 Å². The van der Waals surface area contributed by atoms with Crippen LogP contribution < -0.4 is 5.32 Å². The van der Waals surface area contributed by atoms with Gasteiger partial charge in [0.05, 0.1) is 0 Å². The van der Waals surface area contributed by atoms with E-state index in [2.05, 4.69) is 10.2 Å². The highest BCUT2D eigenvalue weighted by atomic mass is 32.2. The number of hydrogen-bond donors (Lipinski definition) is 1. The molecule has 112 valence electrons. The smallest absolute Gasteiger partial charge is 0.281 e. The molecule has 0 aromatic rings. The molecule has 0 saturated carbocycles. The van der Waals surface area contributed by atoms with Crippen molar-refractivity contribution in [2.45, 2.75) is 44.2 Å². The third-order valence-corrected chi connectivity index (χ3v) is 5.55. The third kappa shape index (κ3) is 3.11. The van der Waals surface area contributed by atoms with Gasteiger partial charge in [-0.05, 0) is 25.8 Å². The molecule has 0 bridgehead atoms. The molecule has 0 radical (unpaired) electrons. The Kier molecular flexibility index (Phi) is 4.51. The number of carbonyl (C=O) groups excluding carboxylic acids is 2. The zero-order chi connectivity index (χ0) is 13.9. The molecule has 0 aromatic heterocycles. The summed E-state index contributed by atoms with van der Waals surface area (Å²) in [7, 11) is 0. The molecule has 2 amide bonds. The van der Waals surface area contributed by atoms with Gasteiger partial charge in [-0.2, -0.15) is 0 Å². The van der Waals surface area contributed by atoms with Gasteiger partial charge in [-0.3, -0.25) is 14.5 Å². The van der Waals surface area contributed by atoms with Crippen molar-refractivity contribution >= 4 is 22.9 Å². The molecule has 3 heterocycles. The summed E-state index contributed by atoms with van der Waals surface area (Å²) in [5.74, 6) is 0.965. The zero-order valence-electron chi connectivity index (χ0n) is 11.8. The first-order valence-electron chi connectivity index (χ1n) is 7.69. The van der Waals surface area contributed by atoms with Crippen LogP contribution in [-0.4, -0.2) is 65.0 Å². The Balaban J connectivity index is 1.43. The van der Waals surface area contributed by atoms with E-state index in [9.17, 15) is 9.59 Å². The van der Waals surface area contributed by atoms with Crippen LogP contribution in [0.25, 0.3) is 0 Å². The molecule has 1 N–H and O–H groups in total. The number of amides is 2. The lowest BCUT2D eigenvalue weighted by molar-refractivity contribution is -0.122. The number of nitrogens with zero attached hydrogens (tertiary/aromatic N) is 2. The van der Waals surface area contributed by atoms with Gasteiger partial charge >= 0.3 is 0 Å². The summed E-state index contributed by atoms with van der Waals surface area (Å²) >= 11 is 1.35. The highest BCUT2D eigenvalue weighted by Crippen LogP contribution is 2.27. The average Bonchev–Trinajstić information content (AvgIpc) is 3.04. The molecule has 3 fully saturated rings. The summed E-state index contributed by atoms with van der Waals surface area (Å²) < 4.78 is 0. The van der Waals surface area contributed by atoms with Crippen molar-refractivity contribution in [3.63, 3.8) is 0 Å². The molecule has 6 heteroatoms. The van der Waals surface area contributed by atoms with Gasteiger partial charge in [0.1, 0.15) is 0 Å². The van der Waals surface area contributed by atoms with Crippen molar-refractivity contribution in [1.82, 2.24) is 15.1 Å². The van der Waals surface area contributed by atoms with Crippen LogP contribution in [0.5, 0.6) is 0 Å². The van der Waals surface area contributed by atoms with E-state index in [4.69, 9.17) is 0 Å². The van der Waals surface area contributed by atoms with Gasteiger partial charge in [0.15, 0.2) is 0 Å². The summed E-state index contributed by atoms with van der Waals surface area (Å²) in [6.45, 7) is 3.67. The summed E-state index contributed by atoms with van der Waals surface area (Å²) in [5, 5.41) is 3.31. The van der Waals surface area contributed by atoms with Crippen molar-refractivity contribution in [2.75, 3.05) is 31.9 Å². The number of hydrogen-bond acceptors (Lipinski definition) is 4. The van der Waals surface area contributed by atoms with Crippen molar-refractivity contribution in [3.05, 3.63) is 0 Å². The summed E-state index contributed by atoms with van der Waals surface area (Å²) in [6.07, 6.45) is 5.32. The first-order valence-corrected chi connectivity index (χ1v) is 8.68. The fraction of sp³-hybridized carbons (Fsp3) is 0.857. The van der Waals surface area contributed by atoms with Crippen LogP contribution in [0.15, 0.2) is 0 Å². The number of piperidine rings is 1. The Morgan fingerprint density at radius 1 is 1.25 bits per heavy atom. The fourth-order valence-electron chi connectivity index (χ4n) is 3.56. The Labute approximate surface area is 124 Å². The number of fused-ring (bicyclic) bond motifs is 1. The van der Waals surface area contributed by atoms with Crippen molar-refractivity contribution < 1.29 is 9.59 Å². The molecule has 0 aliphatic carbocycles. The second-order valence-corrected chi connectivity index (χ2v) is 6.96. The first kappa shape index (κ1) is 14.2. The summed E-state index contributed by atoms with van der Waals surface area (Å²) in [6, 6.07) is 0.878. The van der Waals surface area contributed by atoms with E-state index >= 15 is 0 Å². The van der Waals surface area contributed by atoms with Gasteiger partial charge in [-0.1, -0.05) is 18.2 Å². The Morgan fingerprint density at radius 3 is 2.95 bits per heavy atom. The summed E-state index contributed by atoms with van der Waals surface area (Å²) in [5.41, 5.74) is 0. The van der Waals surface area contributed by atoms with Gasteiger partial charge in [-0.25, -0.2) is 0 Å². The van der Waals surface area contributed by atoms with Crippen LogP contribution in [-0.2, 0) is 4.79 Å². The second kappa shape index (κ2) is 6.35. The minimum absolute atomic E-state index is 0.104. The van der Waals surface area contributed by atoms with Gasteiger partial charge in [0.2, 0.25) is 5.91 Å². The minimum atomic E-state index is 0.104. The molecular weight excluding hydrogens is 274 g/mol. The normalized spacial score (nSPS) is 30.6. The van der Waals surface area contributed by atoms with E-state index in [-0.39, 0.29) is 11.1 Å². The molecule has 2 atom stereocenters. The molecule has 3 rings (SSSR count). The van der Waals surface area contributed by atoms with E-state index < -0.39 is 0 Å². The number of thioether (sulfide) groups is 1. The maximum Gasteiger partial charge on any atom is 0.281 e. The molecule has 3 saturated heterocycles. The van der Waals surface area contributed by atoms with E-state index in [0.29, 0.717) is 25.0 Å². The average molecular weight is 297 g/mol. The lowest BCUT2D eigenvalue weighted by Gasteiger charge is -2.32. The molecule has 5 nitrogen and oxygen atoms in total. The highest BCUT2D eigenvalue weighted by Gasteiger charge is 2.36. The van der Waals surface area contributed by atoms with Crippen LogP contribution >= 0.6 is 11.8 Å². The minimum Gasteiger partial charge on any atom is -0.352 e. The van der Waals surface area contributed by atoms with Crippen LogP contribution in [0, 0.1) is 0 Å². The Hall–Kier alpha value is -0.750. The van der Waals surface area contributed by atoms with Gasteiger partial charge in [-0.15, -0.1) is 0 Å². The molecular formula is C14H23N3O2S. The SMILES string of the molecule is O=C(CCN1CCSC1=O)N[C@H]1CCN2CCCC[C@@H]12. The van der Waals surface area contributed by atoms with Gasteiger partial charge < -0.3 is 10.2 Å². The first-order chi connectivity index (χ1) is 9.74. The molecule has 0 spiro atoms. The largest absolute Gasteiger partial charge is 0.352 e. The van der Waals surface area contributed by atoms with Crippen LogP contribution in [0.2, 0.25) is 0 Å². The molecule has 3 aliphatic heterocycles. The second-order valence-electron chi connectivity index (χ2n) is 5.91. The monoisotopic (exact) mass is 297 g/mol. The van der Waals surface area contributed by atoms with Crippen molar-refractivity contribution in [3.8, 4) is 0 Å². The lowest BCUT2D eigenvalue weighted by Crippen LogP contribution is -2.47. The standard InChI is InChI=1S/C14H23N3O2S/c18-13(5-8-17-9-10-20-14(17)19)15-11-4-7-16-6-2-1-3-12(11)16/h11-12H,1-10H2,(H,15,18)/t11-,12-/m0/s1. The van der Waals surface area contributed by atoms with Crippen LogP contribution in [0.3, 0.4) is 0 Å². The van der Waals surface area contributed by atoms with Crippen molar-refractivity contribution in [1.29, 1.82) is 0 Å². The molecule has 0 unspecified atom stereocenters. The fourth-order valence-corrected chi connectivity index (χ4v) is 4.41. The van der Waals surface area contributed by atoms with Gasteiger partial charge in [0, 0.05) is 43.9 Å². The quantitative estimate of drug-likeness (QED) is 0.849. The van der Waals surface area contributed by atoms with Crippen LogP contribution in [0.4, 0.5) is 4.79 Å². The number of rotatable bonds is 4. The third-order valence-electron chi connectivity index (χ3n) is 4.66. The highest BCUT2D eigenvalue weighted by molar-refractivity contribution is 8.13. The topological polar surface area (TPSA) is 52.7 Å². The number of nitrogens with one attached hydrogen (secondary N) is 1.